The number of nitrogens with one attached hydrogen (secondary N) is 2. The predicted octanol–water partition coefficient (Wildman–Crippen LogP) is 2.05. The third-order valence-corrected chi connectivity index (χ3v) is 4.78. The number of aliphatic imine (C=N–C) groups is 1. The van der Waals surface area contributed by atoms with Gasteiger partial charge in [-0.05, 0) is 17.5 Å². The average Bonchev–Trinajstić information content (AvgIpc) is 3.32. The molecule has 7 heteroatoms. The molecule has 0 unspecified atom stereocenters. The summed E-state index contributed by atoms with van der Waals surface area (Å²) in [5.74, 6) is 0.949. The molecule has 1 aliphatic heterocycles. The number of H-pyrrole nitrogens is 1. The first kappa shape index (κ1) is 16.7. The molecule has 0 radical (unpaired) electrons. The van der Waals surface area contributed by atoms with Crippen LogP contribution in [0.25, 0.3) is 10.9 Å². The molecule has 0 aliphatic carbocycles. The number of fused-ring (bicyclic) bond motifs is 1. The van der Waals surface area contributed by atoms with Crippen molar-refractivity contribution in [3.05, 3.63) is 54.0 Å². The first-order valence-electron chi connectivity index (χ1n) is 8.95. The minimum atomic E-state index is 0.737. The smallest absolute Gasteiger partial charge is 0.194 e. The standard InChI is InChI=1S/C19H24N6O/c1-20-19(21-13-17-12-15-4-2-3-5-18(15)22-17)25-9-7-24(8-10-25)14-16-6-11-26-23-16/h2-6,11-12,22H,7-10,13-14H2,1H3,(H,20,21). The number of hydrogen-bond donors (Lipinski definition) is 2. The second-order valence-corrected chi connectivity index (χ2v) is 6.54. The Hall–Kier alpha value is -2.80. The van der Waals surface area contributed by atoms with Crippen LogP contribution in [0, 0.1) is 0 Å². The molecule has 2 N–H and O–H groups in total. The van der Waals surface area contributed by atoms with Crippen LogP contribution in [0.15, 0.2) is 52.2 Å². The van der Waals surface area contributed by atoms with E-state index in [0.29, 0.717) is 0 Å². The zero-order valence-corrected chi connectivity index (χ0v) is 15.0. The lowest BCUT2D eigenvalue weighted by atomic mass is 10.2. The van der Waals surface area contributed by atoms with Crippen LogP contribution >= 0.6 is 0 Å². The summed E-state index contributed by atoms with van der Waals surface area (Å²) in [6, 6.07) is 12.4. The Labute approximate surface area is 152 Å². The molecule has 1 aromatic carbocycles. The fourth-order valence-electron chi connectivity index (χ4n) is 3.40. The van der Waals surface area contributed by atoms with Gasteiger partial charge in [-0.1, -0.05) is 23.4 Å². The fourth-order valence-corrected chi connectivity index (χ4v) is 3.40. The molecular weight excluding hydrogens is 328 g/mol. The van der Waals surface area contributed by atoms with Crippen molar-refractivity contribution in [2.75, 3.05) is 33.2 Å². The normalized spacial score (nSPS) is 16.3. The van der Waals surface area contributed by atoms with E-state index in [-0.39, 0.29) is 0 Å². The van der Waals surface area contributed by atoms with Crippen LogP contribution in [0.1, 0.15) is 11.4 Å². The molecule has 1 aliphatic rings. The minimum absolute atomic E-state index is 0.737. The van der Waals surface area contributed by atoms with Gasteiger partial charge in [0.1, 0.15) is 6.26 Å². The highest BCUT2D eigenvalue weighted by Crippen LogP contribution is 2.14. The Morgan fingerprint density at radius 2 is 2.08 bits per heavy atom. The van der Waals surface area contributed by atoms with E-state index in [0.717, 1.165) is 56.6 Å². The molecule has 26 heavy (non-hydrogen) atoms. The van der Waals surface area contributed by atoms with Crippen molar-refractivity contribution in [1.82, 2.24) is 25.3 Å². The summed E-state index contributed by atoms with van der Waals surface area (Å²) in [6.45, 7) is 5.44. The number of hydrogen-bond acceptors (Lipinski definition) is 4. The van der Waals surface area contributed by atoms with Crippen LogP contribution in [0.4, 0.5) is 0 Å². The molecular formula is C19H24N6O. The van der Waals surface area contributed by atoms with Crippen LogP contribution in [0.3, 0.4) is 0 Å². The van der Waals surface area contributed by atoms with E-state index < -0.39 is 0 Å². The largest absolute Gasteiger partial charge is 0.364 e. The van der Waals surface area contributed by atoms with Gasteiger partial charge < -0.3 is 19.7 Å². The second-order valence-electron chi connectivity index (χ2n) is 6.54. The minimum Gasteiger partial charge on any atom is -0.364 e. The van der Waals surface area contributed by atoms with Gasteiger partial charge in [-0.15, -0.1) is 0 Å². The van der Waals surface area contributed by atoms with E-state index in [1.807, 2.05) is 19.2 Å². The van der Waals surface area contributed by atoms with Gasteiger partial charge in [-0.2, -0.15) is 0 Å². The number of nitrogens with zero attached hydrogens (tertiary/aromatic N) is 4. The Kier molecular flexibility index (Phi) is 4.88. The highest BCUT2D eigenvalue weighted by atomic mass is 16.5. The van der Waals surface area contributed by atoms with Crippen LogP contribution in [-0.2, 0) is 13.1 Å². The highest BCUT2D eigenvalue weighted by Gasteiger charge is 2.20. The summed E-state index contributed by atoms with van der Waals surface area (Å²) >= 11 is 0. The summed E-state index contributed by atoms with van der Waals surface area (Å²) < 4.78 is 4.91. The molecule has 0 spiro atoms. The third kappa shape index (κ3) is 3.72. The van der Waals surface area contributed by atoms with Crippen LogP contribution < -0.4 is 5.32 Å². The van der Waals surface area contributed by atoms with E-state index in [4.69, 9.17) is 4.52 Å². The molecule has 3 aromatic rings. The lowest BCUT2D eigenvalue weighted by molar-refractivity contribution is 0.169. The van der Waals surface area contributed by atoms with Crippen molar-refractivity contribution in [1.29, 1.82) is 0 Å². The summed E-state index contributed by atoms with van der Waals surface area (Å²) in [6.07, 6.45) is 1.63. The maximum atomic E-state index is 4.91. The maximum absolute atomic E-state index is 4.91. The van der Waals surface area contributed by atoms with E-state index >= 15 is 0 Å². The van der Waals surface area contributed by atoms with E-state index in [9.17, 15) is 0 Å². The average molecular weight is 352 g/mol. The monoisotopic (exact) mass is 352 g/mol. The fraction of sp³-hybridized carbons (Fsp3) is 0.368. The van der Waals surface area contributed by atoms with E-state index in [1.165, 1.54) is 10.9 Å². The van der Waals surface area contributed by atoms with Gasteiger partial charge in [-0.3, -0.25) is 9.89 Å². The zero-order chi connectivity index (χ0) is 17.8. The predicted molar refractivity (Wildman–Crippen MR) is 102 cm³/mol. The molecule has 0 saturated carbocycles. The van der Waals surface area contributed by atoms with E-state index in [2.05, 4.69) is 54.5 Å². The van der Waals surface area contributed by atoms with Crippen LogP contribution in [0.5, 0.6) is 0 Å². The number of rotatable bonds is 4. The van der Waals surface area contributed by atoms with Gasteiger partial charge in [0.2, 0.25) is 0 Å². The van der Waals surface area contributed by atoms with Crippen molar-refractivity contribution >= 4 is 16.9 Å². The highest BCUT2D eigenvalue weighted by molar-refractivity contribution is 5.81. The molecule has 1 fully saturated rings. The van der Waals surface area contributed by atoms with Crippen LogP contribution in [-0.4, -0.2) is 59.1 Å². The molecule has 0 amide bonds. The second kappa shape index (κ2) is 7.61. The lowest BCUT2D eigenvalue weighted by Gasteiger charge is -2.36. The Bertz CT molecular complexity index is 828. The molecule has 1 saturated heterocycles. The molecule has 0 bridgehead atoms. The summed E-state index contributed by atoms with van der Waals surface area (Å²) in [7, 11) is 1.84. The Balaban J connectivity index is 1.30. The number of benzene rings is 1. The van der Waals surface area contributed by atoms with Crippen LogP contribution in [0.2, 0.25) is 0 Å². The number of piperazine rings is 1. The first-order chi connectivity index (χ1) is 12.8. The maximum Gasteiger partial charge on any atom is 0.194 e. The number of aromatic nitrogens is 2. The van der Waals surface area contributed by atoms with Gasteiger partial charge in [0, 0.05) is 57.0 Å². The quantitative estimate of drug-likeness (QED) is 0.555. The summed E-state index contributed by atoms with van der Waals surface area (Å²) in [4.78, 5) is 12.6. The summed E-state index contributed by atoms with van der Waals surface area (Å²) in [5, 5.41) is 8.70. The van der Waals surface area contributed by atoms with Gasteiger partial charge >= 0.3 is 0 Å². The molecule has 7 nitrogen and oxygen atoms in total. The Morgan fingerprint density at radius 1 is 1.23 bits per heavy atom. The van der Waals surface area contributed by atoms with Gasteiger partial charge in [0.05, 0.1) is 12.2 Å². The van der Waals surface area contributed by atoms with Crippen molar-refractivity contribution in [3.8, 4) is 0 Å². The molecule has 2 aromatic heterocycles. The van der Waals surface area contributed by atoms with Gasteiger partial charge in [0.25, 0.3) is 0 Å². The SMILES string of the molecule is CN=C(NCc1cc2ccccc2[nH]1)N1CCN(Cc2ccon2)CC1. The first-order valence-corrected chi connectivity index (χ1v) is 8.95. The Morgan fingerprint density at radius 3 is 2.81 bits per heavy atom. The van der Waals surface area contributed by atoms with Crippen molar-refractivity contribution in [3.63, 3.8) is 0 Å². The molecule has 4 rings (SSSR count). The number of para-hydroxylation sites is 1. The molecule has 0 atom stereocenters. The van der Waals surface area contributed by atoms with Crippen molar-refractivity contribution in [2.24, 2.45) is 4.99 Å². The third-order valence-electron chi connectivity index (χ3n) is 4.78. The van der Waals surface area contributed by atoms with E-state index in [1.54, 1.807) is 6.26 Å². The zero-order valence-electron chi connectivity index (χ0n) is 15.0. The molecule has 136 valence electrons. The van der Waals surface area contributed by atoms with Gasteiger partial charge in [0.15, 0.2) is 5.96 Å². The number of aromatic amines is 1. The number of guanidine groups is 1. The van der Waals surface area contributed by atoms with Crippen molar-refractivity contribution in [2.45, 2.75) is 13.1 Å². The lowest BCUT2D eigenvalue weighted by Crippen LogP contribution is -2.52. The van der Waals surface area contributed by atoms with Crippen molar-refractivity contribution < 1.29 is 4.52 Å². The van der Waals surface area contributed by atoms with Gasteiger partial charge in [-0.25, -0.2) is 0 Å². The molecule has 3 heterocycles. The topological polar surface area (TPSA) is 72.7 Å². The summed E-state index contributed by atoms with van der Waals surface area (Å²) in [5.41, 5.74) is 3.32.